The molecule has 20 heavy (non-hydrogen) atoms. The summed E-state index contributed by atoms with van der Waals surface area (Å²) in [6.07, 6.45) is 0. The molecule has 2 N–H and O–H groups in total. The molecular formula is C13H15ClN2O2S2. The number of nitrogens with one attached hydrogen (secondary N) is 2. The molecule has 4 nitrogen and oxygen atoms in total. The van der Waals surface area contributed by atoms with E-state index in [1.807, 2.05) is 19.2 Å². The summed E-state index contributed by atoms with van der Waals surface area (Å²) in [5, 5.41) is 3.02. The molecule has 0 atom stereocenters. The highest BCUT2D eigenvalue weighted by Crippen LogP contribution is 2.31. The van der Waals surface area contributed by atoms with Crippen molar-refractivity contribution in [2.45, 2.75) is 17.7 Å². The van der Waals surface area contributed by atoms with E-state index >= 15 is 0 Å². The molecule has 0 aliphatic rings. The van der Waals surface area contributed by atoms with Crippen molar-refractivity contribution < 1.29 is 8.42 Å². The average molecular weight is 331 g/mol. The number of aryl methyl sites for hydroxylation is 1. The second kappa shape index (κ2) is 6.13. The van der Waals surface area contributed by atoms with Gasteiger partial charge in [-0.05, 0) is 43.3 Å². The number of rotatable bonds is 5. The van der Waals surface area contributed by atoms with Gasteiger partial charge in [-0.25, -0.2) is 8.42 Å². The Morgan fingerprint density at radius 1 is 1.30 bits per heavy atom. The predicted octanol–water partition coefficient (Wildman–Crippen LogP) is 3.23. The van der Waals surface area contributed by atoms with E-state index in [0.29, 0.717) is 16.6 Å². The molecule has 0 spiro atoms. The topological polar surface area (TPSA) is 58.2 Å². The number of hydrogen-bond acceptors (Lipinski definition) is 4. The van der Waals surface area contributed by atoms with Crippen LogP contribution in [0.3, 0.4) is 0 Å². The maximum Gasteiger partial charge on any atom is 0.271 e. The van der Waals surface area contributed by atoms with Gasteiger partial charge in [0, 0.05) is 12.2 Å². The van der Waals surface area contributed by atoms with Crippen LogP contribution in [-0.2, 0) is 16.6 Å². The third-order valence-corrected chi connectivity index (χ3v) is 6.07. The summed E-state index contributed by atoms with van der Waals surface area (Å²) >= 11 is 6.98. The Kier molecular flexibility index (Phi) is 4.70. The summed E-state index contributed by atoms with van der Waals surface area (Å²) in [5.74, 6) is 0. The van der Waals surface area contributed by atoms with Crippen LogP contribution in [0.4, 0.5) is 5.69 Å². The number of halogens is 1. The van der Waals surface area contributed by atoms with Gasteiger partial charge in [-0.15, -0.1) is 11.3 Å². The number of thiophene rings is 1. The highest BCUT2D eigenvalue weighted by atomic mass is 35.5. The van der Waals surface area contributed by atoms with Crippen molar-refractivity contribution in [2.75, 3.05) is 11.8 Å². The maximum atomic E-state index is 12.3. The minimum Gasteiger partial charge on any atom is -0.316 e. The van der Waals surface area contributed by atoms with Crippen LogP contribution < -0.4 is 10.0 Å². The van der Waals surface area contributed by atoms with Crippen molar-refractivity contribution in [1.82, 2.24) is 5.32 Å². The van der Waals surface area contributed by atoms with Crippen molar-refractivity contribution >= 4 is 38.6 Å². The van der Waals surface area contributed by atoms with Crippen LogP contribution in [0.25, 0.3) is 0 Å². The van der Waals surface area contributed by atoms with Crippen LogP contribution >= 0.6 is 22.9 Å². The first kappa shape index (κ1) is 15.3. The lowest BCUT2D eigenvalue weighted by molar-refractivity contribution is 0.603. The molecular weight excluding hydrogens is 316 g/mol. The quantitative estimate of drug-likeness (QED) is 0.885. The van der Waals surface area contributed by atoms with E-state index in [1.165, 1.54) is 0 Å². The molecule has 0 bridgehead atoms. The molecule has 0 aliphatic carbocycles. The van der Waals surface area contributed by atoms with Gasteiger partial charge in [0.15, 0.2) is 0 Å². The number of sulfonamides is 1. The van der Waals surface area contributed by atoms with Crippen LogP contribution in [-0.4, -0.2) is 15.5 Å². The molecule has 1 aromatic heterocycles. The molecule has 1 aromatic carbocycles. The van der Waals surface area contributed by atoms with Crippen molar-refractivity contribution in [3.8, 4) is 0 Å². The second-order valence-electron chi connectivity index (χ2n) is 4.36. The number of anilines is 1. The largest absolute Gasteiger partial charge is 0.316 e. The van der Waals surface area contributed by atoms with Gasteiger partial charge >= 0.3 is 0 Å². The summed E-state index contributed by atoms with van der Waals surface area (Å²) in [6, 6.07) is 8.85. The minimum absolute atomic E-state index is 0.221. The van der Waals surface area contributed by atoms with Gasteiger partial charge < -0.3 is 5.32 Å². The average Bonchev–Trinajstić information content (AvgIpc) is 2.71. The molecule has 0 aliphatic heterocycles. The lowest BCUT2D eigenvalue weighted by atomic mass is 10.2. The van der Waals surface area contributed by atoms with E-state index in [4.69, 9.17) is 11.6 Å². The lowest BCUT2D eigenvalue weighted by Crippen LogP contribution is -2.12. The van der Waals surface area contributed by atoms with Crippen LogP contribution in [0.2, 0.25) is 4.34 Å². The zero-order valence-corrected chi connectivity index (χ0v) is 13.5. The number of benzene rings is 1. The Bertz CT molecular complexity index is 691. The Hall–Kier alpha value is -1.08. The fourth-order valence-electron chi connectivity index (χ4n) is 1.72. The first-order valence-electron chi connectivity index (χ1n) is 5.94. The summed E-state index contributed by atoms with van der Waals surface area (Å²) in [6.45, 7) is 2.46. The third-order valence-electron chi connectivity index (χ3n) is 2.66. The highest BCUT2D eigenvalue weighted by molar-refractivity contribution is 7.94. The summed E-state index contributed by atoms with van der Waals surface area (Å²) in [5.41, 5.74) is 2.31. The molecule has 0 amide bonds. The highest BCUT2D eigenvalue weighted by Gasteiger charge is 2.18. The second-order valence-corrected chi connectivity index (χ2v) is 7.92. The Morgan fingerprint density at radius 3 is 2.65 bits per heavy atom. The van der Waals surface area contributed by atoms with Gasteiger partial charge in [0.05, 0.1) is 4.34 Å². The molecule has 2 aromatic rings. The van der Waals surface area contributed by atoms with Crippen molar-refractivity contribution in [3.63, 3.8) is 0 Å². The molecule has 0 unspecified atom stereocenters. The van der Waals surface area contributed by atoms with Gasteiger partial charge in [0.25, 0.3) is 10.0 Å². The molecule has 1 heterocycles. The molecule has 0 saturated carbocycles. The van der Waals surface area contributed by atoms with E-state index in [-0.39, 0.29) is 4.21 Å². The summed E-state index contributed by atoms with van der Waals surface area (Å²) in [4.78, 5) is 0. The first-order chi connectivity index (χ1) is 9.42. The van der Waals surface area contributed by atoms with E-state index < -0.39 is 10.0 Å². The predicted molar refractivity (Wildman–Crippen MR) is 84.1 cm³/mol. The van der Waals surface area contributed by atoms with Gasteiger partial charge in [0.1, 0.15) is 4.21 Å². The van der Waals surface area contributed by atoms with Crippen LogP contribution in [0.1, 0.15) is 11.1 Å². The minimum atomic E-state index is -3.58. The molecule has 2 rings (SSSR count). The van der Waals surface area contributed by atoms with Gasteiger partial charge in [-0.3, -0.25) is 4.72 Å². The zero-order chi connectivity index (χ0) is 14.8. The SMILES string of the molecule is CNCc1cccc(NS(=O)(=O)c2cc(C)c(Cl)s2)c1. The van der Waals surface area contributed by atoms with Crippen molar-refractivity contribution in [3.05, 3.63) is 45.8 Å². The van der Waals surface area contributed by atoms with Crippen molar-refractivity contribution in [1.29, 1.82) is 0 Å². The van der Waals surface area contributed by atoms with Gasteiger partial charge in [0.2, 0.25) is 0 Å². The molecule has 0 radical (unpaired) electrons. The Morgan fingerprint density at radius 2 is 2.05 bits per heavy atom. The van der Waals surface area contributed by atoms with Gasteiger partial charge in [-0.2, -0.15) is 0 Å². The van der Waals surface area contributed by atoms with Crippen LogP contribution in [0.5, 0.6) is 0 Å². The first-order valence-corrected chi connectivity index (χ1v) is 8.62. The monoisotopic (exact) mass is 330 g/mol. The van der Waals surface area contributed by atoms with Crippen LogP contribution in [0, 0.1) is 6.92 Å². The maximum absolute atomic E-state index is 12.3. The van der Waals surface area contributed by atoms with Gasteiger partial charge in [-0.1, -0.05) is 23.7 Å². The Balaban J connectivity index is 2.26. The smallest absolute Gasteiger partial charge is 0.271 e. The van der Waals surface area contributed by atoms with E-state index in [0.717, 1.165) is 22.5 Å². The molecule has 0 fully saturated rings. The van der Waals surface area contributed by atoms with Crippen molar-refractivity contribution in [2.24, 2.45) is 0 Å². The zero-order valence-electron chi connectivity index (χ0n) is 11.1. The molecule has 7 heteroatoms. The fourth-order valence-corrected chi connectivity index (χ4v) is 4.48. The van der Waals surface area contributed by atoms with Crippen LogP contribution in [0.15, 0.2) is 34.5 Å². The standard InChI is InChI=1S/C13H15ClN2O2S2/c1-9-6-12(19-13(9)14)20(17,18)16-11-5-3-4-10(7-11)8-15-2/h3-7,15-16H,8H2,1-2H3. The normalized spacial score (nSPS) is 11.6. The lowest BCUT2D eigenvalue weighted by Gasteiger charge is -2.08. The number of hydrogen-bond donors (Lipinski definition) is 2. The third kappa shape index (κ3) is 3.52. The molecule has 108 valence electrons. The van der Waals surface area contributed by atoms with E-state index in [9.17, 15) is 8.42 Å². The van der Waals surface area contributed by atoms with E-state index in [2.05, 4.69) is 10.0 Å². The fraction of sp³-hybridized carbons (Fsp3) is 0.231. The summed E-state index contributed by atoms with van der Waals surface area (Å²) < 4.78 is 27.8. The summed E-state index contributed by atoms with van der Waals surface area (Å²) in [7, 11) is -1.74. The van der Waals surface area contributed by atoms with E-state index in [1.54, 1.807) is 25.1 Å². The Labute approximate surface area is 127 Å². The molecule has 0 saturated heterocycles.